The van der Waals surface area contributed by atoms with Crippen LogP contribution in [0.15, 0.2) is 42.5 Å². The molecule has 0 aromatic heterocycles. The molecule has 0 aliphatic heterocycles. The molecule has 0 heterocycles. The number of benzene rings is 2. The maximum atomic E-state index is 12.5. The van der Waals surface area contributed by atoms with Gasteiger partial charge in [-0.3, -0.25) is 9.59 Å². The Morgan fingerprint density at radius 3 is 2.56 bits per heavy atom. The van der Waals surface area contributed by atoms with Gasteiger partial charge in [-0.1, -0.05) is 17.7 Å². The number of carbonyl (C=O) groups is 3. The van der Waals surface area contributed by atoms with Crippen LogP contribution in [-0.2, 0) is 9.59 Å². The molecule has 2 N–H and O–H groups in total. The molecule has 142 valence electrons. The zero-order chi connectivity index (χ0) is 19.8. The van der Waals surface area contributed by atoms with E-state index in [-0.39, 0.29) is 25.2 Å². The number of hydrogen-bond acceptors (Lipinski definition) is 5. The lowest BCUT2D eigenvalue weighted by atomic mass is 10.1. The maximum absolute atomic E-state index is 12.5. The van der Waals surface area contributed by atoms with Crippen LogP contribution in [0.25, 0.3) is 0 Å². The van der Waals surface area contributed by atoms with Crippen molar-refractivity contribution in [2.24, 2.45) is 0 Å². The zero-order valence-corrected chi connectivity index (χ0v) is 15.3. The van der Waals surface area contributed by atoms with E-state index in [0.29, 0.717) is 27.7 Å². The number of methoxy groups -OCH3 is 1. The monoisotopic (exact) mass is 389 g/mol. The first-order valence-electron chi connectivity index (χ1n) is 8.13. The smallest absolute Gasteiger partial charge is 0.255 e. The molecule has 0 saturated heterocycles. The lowest BCUT2D eigenvalue weighted by molar-refractivity contribution is -0.305. The standard InChI is InChI=1S/C19H19ClN2O5/c1-27-16-9-8-13(20)11-15(16)22-19(26)12-4-2-5-14(10-12)21-17(23)6-3-7-18(24)25/h2,4-5,8-11H,3,6-7H2,1H3,(H,21,23)(H,22,26)(H,24,25)/p-1. The van der Waals surface area contributed by atoms with Gasteiger partial charge < -0.3 is 25.3 Å². The van der Waals surface area contributed by atoms with E-state index >= 15 is 0 Å². The number of carboxylic acid groups (broad SMARTS) is 1. The molecule has 27 heavy (non-hydrogen) atoms. The number of rotatable bonds is 8. The van der Waals surface area contributed by atoms with E-state index in [1.54, 1.807) is 36.4 Å². The van der Waals surface area contributed by atoms with Crippen LogP contribution in [0.4, 0.5) is 11.4 Å². The molecule has 0 unspecified atom stereocenters. The van der Waals surface area contributed by atoms with Crippen LogP contribution in [0.1, 0.15) is 29.6 Å². The summed E-state index contributed by atoms with van der Waals surface area (Å²) in [5, 5.41) is 16.2. The lowest BCUT2D eigenvalue weighted by Crippen LogP contribution is -2.22. The van der Waals surface area contributed by atoms with Gasteiger partial charge in [-0.25, -0.2) is 0 Å². The number of hydrogen-bond donors (Lipinski definition) is 2. The second kappa shape index (κ2) is 9.59. The van der Waals surface area contributed by atoms with Gasteiger partial charge in [0, 0.05) is 28.7 Å². The van der Waals surface area contributed by atoms with E-state index in [1.807, 2.05) is 0 Å². The van der Waals surface area contributed by atoms with Crippen molar-refractivity contribution in [3.8, 4) is 5.75 Å². The second-order valence-corrected chi connectivity index (χ2v) is 6.09. The predicted molar refractivity (Wildman–Crippen MR) is 99.9 cm³/mol. The largest absolute Gasteiger partial charge is 0.550 e. The van der Waals surface area contributed by atoms with Gasteiger partial charge in [0.25, 0.3) is 5.91 Å². The molecule has 0 aliphatic carbocycles. The van der Waals surface area contributed by atoms with Crippen LogP contribution in [-0.4, -0.2) is 24.9 Å². The van der Waals surface area contributed by atoms with Gasteiger partial charge in [0.1, 0.15) is 5.75 Å². The Labute approximate surface area is 161 Å². The molecule has 0 fully saturated rings. The van der Waals surface area contributed by atoms with E-state index in [0.717, 1.165) is 0 Å². The quantitative estimate of drug-likeness (QED) is 0.721. The normalized spacial score (nSPS) is 10.1. The Hall–Kier alpha value is -3.06. The highest BCUT2D eigenvalue weighted by atomic mass is 35.5. The summed E-state index contributed by atoms with van der Waals surface area (Å²) in [7, 11) is 1.48. The fraction of sp³-hybridized carbons (Fsp3) is 0.211. The van der Waals surface area contributed by atoms with Gasteiger partial charge >= 0.3 is 0 Å². The van der Waals surface area contributed by atoms with Crippen molar-refractivity contribution in [1.29, 1.82) is 0 Å². The summed E-state index contributed by atoms with van der Waals surface area (Å²) in [6, 6.07) is 11.2. The number of nitrogens with one attached hydrogen (secondary N) is 2. The van der Waals surface area contributed by atoms with Gasteiger partial charge in [-0.05, 0) is 49.2 Å². The number of carbonyl (C=O) groups excluding carboxylic acids is 3. The molecule has 2 rings (SSSR count). The van der Waals surface area contributed by atoms with Crippen molar-refractivity contribution in [2.45, 2.75) is 19.3 Å². The Morgan fingerprint density at radius 2 is 1.85 bits per heavy atom. The van der Waals surface area contributed by atoms with Crippen molar-refractivity contribution in [2.75, 3.05) is 17.7 Å². The first-order chi connectivity index (χ1) is 12.9. The molecule has 0 bridgehead atoms. The van der Waals surface area contributed by atoms with Crippen LogP contribution in [0.5, 0.6) is 5.75 Å². The van der Waals surface area contributed by atoms with Gasteiger partial charge in [0.05, 0.1) is 12.8 Å². The Kier molecular flexibility index (Phi) is 7.19. The fourth-order valence-electron chi connectivity index (χ4n) is 2.33. The molecule has 0 radical (unpaired) electrons. The summed E-state index contributed by atoms with van der Waals surface area (Å²) in [6.07, 6.45) is 0.0460. The minimum absolute atomic E-state index is 0.0458. The number of anilines is 2. The van der Waals surface area contributed by atoms with Gasteiger partial charge in [-0.2, -0.15) is 0 Å². The molecule has 7 nitrogen and oxygen atoms in total. The molecule has 2 aromatic carbocycles. The SMILES string of the molecule is COc1ccc(Cl)cc1NC(=O)c1cccc(NC(=O)CCCC(=O)[O-])c1. The zero-order valence-electron chi connectivity index (χ0n) is 14.6. The molecular formula is C19H18ClN2O5-. The van der Waals surface area contributed by atoms with Gasteiger partial charge in [0.15, 0.2) is 0 Å². The molecular weight excluding hydrogens is 372 g/mol. The Bertz CT molecular complexity index is 854. The van der Waals surface area contributed by atoms with E-state index in [1.165, 1.54) is 13.2 Å². The molecule has 0 saturated carbocycles. The minimum atomic E-state index is -1.20. The second-order valence-electron chi connectivity index (χ2n) is 5.65. The molecule has 2 aromatic rings. The van der Waals surface area contributed by atoms with Crippen molar-refractivity contribution >= 4 is 40.8 Å². The van der Waals surface area contributed by atoms with Crippen LogP contribution < -0.4 is 20.5 Å². The summed E-state index contributed by atoms with van der Waals surface area (Å²) in [4.78, 5) is 34.7. The molecule has 8 heteroatoms. The average Bonchev–Trinajstić information content (AvgIpc) is 2.61. The molecule has 0 spiro atoms. The highest BCUT2D eigenvalue weighted by molar-refractivity contribution is 6.31. The summed E-state index contributed by atoms with van der Waals surface area (Å²) < 4.78 is 5.19. The number of aliphatic carboxylic acids is 1. The van der Waals surface area contributed by atoms with E-state index in [2.05, 4.69) is 10.6 Å². The number of carboxylic acids is 1. The van der Waals surface area contributed by atoms with Gasteiger partial charge in [0.2, 0.25) is 5.91 Å². The Morgan fingerprint density at radius 1 is 1.07 bits per heavy atom. The molecule has 0 atom stereocenters. The highest BCUT2D eigenvalue weighted by Gasteiger charge is 2.12. The third-order valence-corrected chi connectivity index (χ3v) is 3.84. The third kappa shape index (κ3) is 6.31. The van der Waals surface area contributed by atoms with Gasteiger partial charge in [-0.15, -0.1) is 0 Å². The lowest BCUT2D eigenvalue weighted by Gasteiger charge is -2.11. The summed E-state index contributed by atoms with van der Waals surface area (Å²) in [5.41, 5.74) is 1.18. The summed E-state index contributed by atoms with van der Waals surface area (Å²) in [6.45, 7) is 0. The summed E-state index contributed by atoms with van der Waals surface area (Å²) in [5.74, 6) is -1.48. The topological polar surface area (TPSA) is 108 Å². The number of ether oxygens (including phenoxy) is 1. The van der Waals surface area contributed by atoms with E-state index < -0.39 is 11.9 Å². The Balaban J connectivity index is 2.04. The van der Waals surface area contributed by atoms with E-state index in [9.17, 15) is 19.5 Å². The van der Waals surface area contributed by atoms with E-state index in [4.69, 9.17) is 16.3 Å². The number of amides is 2. The predicted octanol–water partition coefficient (Wildman–Crippen LogP) is 2.46. The average molecular weight is 390 g/mol. The van der Waals surface area contributed by atoms with Crippen LogP contribution in [0.2, 0.25) is 5.02 Å². The minimum Gasteiger partial charge on any atom is -0.550 e. The molecule has 2 amide bonds. The first-order valence-corrected chi connectivity index (χ1v) is 8.51. The maximum Gasteiger partial charge on any atom is 0.255 e. The fourth-order valence-corrected chi connectivity index (χ4v) is 2.50. The van der Waals surface area contributed by atoms with Crippen LogP contribution in [0.3, 0.4) is 0 Å². The van der Waals surface area contributed by atoms with Crippen LogP contribution >= 0.6 is 11.6 Å². The first kappa shape index (κ1) is 20.3. The summed E-state index contributed by atoms with van der Waals surface area (Å²) >= 11 is 5.95. The van der Waals surface area contributed by atoms with Crippen molar-refractivity contribution in [3.63, 3.8) is 0 Å². The third-order valence-electron chi connectivity index (χ3n) is 3.60. The van der Waals surface area contributed by atoms with Crippen molar-refractivity contribution in [3.05, 3.63) is 53.1 Å². The van der Waals surface area contributed by atoms with Crippen molar-refractivity contribution < 1.29 is 24.2 Å². The number of halogens is 1. The highest BCUT2D eigenvalue weighted by Crippen LogP contribution is 2.28. The molecule has 0 aliphatic rings. The van der Waals surface area contributed by atoms with Crippen molar-refractivity contribution in [1.82, 2.24) is 0 Å². The van der Waals surface area contributed by atoms with Crippen LogP contribution in [0, 0.1) is 0 Å².